The number of ketones is 1. The van der Waals surface area contributed by atoms with Gasteiger partial charge >= 0.3 is 0 Å². The first-order chi connectivity index (χ1) is 7.52. The number of methoxy groups -OCH3 is 1. The maximum atomic E-state index is 11.6. The Labute approximate surface area is 99.2 Å². The Morgan fingerprint density at radius 3 is 2.75 bits per heavy atom. The van der Waals surface area contributed by atoms with Crippen molar-refractivity contribution in [2.45, 2.75) is 6.92 Å². The zero-order chi connectivity index (χ0) is 12.3. The van der Waals surface area contributed by atoms with Gasteiger partial charge in [0.05, 0.1) is 19.2 Å². The number of aromatic hydroxyl groups is 1. The molecule has 88 valence electrons. The number of aryl methyl sites for hydroxylation is 1. The molecule has 0 aliphatic carbocycles. The summed E-state index contributed by atoms with van der Waals surface area (Å²) in [6.07, 6.45) is 0. The van der Waals surface area contributed by atoms with Gasteiger partial charge in [0, 0.05) is 0 Å². The monoisotopic (exact) mass is 243 g/mol. The molecule has 5 heteroatoms. The predicted octanol–water partition coefficient (Wildman–Crippen LogP) is 1.76. The van der Waals surface area contributed by atoms with Gasteiger partial charge in [-0.2, -0.15) is 0 Å². The number of ether oxygens (including phenoxy) is 1. The lowest BCUT2D eigenvalue weighted by molar-refractivity contribution is 0.0991. The minimum Gasteiger partial charge on any atom is -0.505 e. The molecule has 0 aliphatic heterocycles. The lowest BCUT2D eigenvalue weighted by Gasteiger charge is -2.12. The maximum absolute atomic E-state index is 11.6. The molecule has 0 radical (unpaired) electrons. The van der Waals surface area contributed by atoms with Crippen LogP contribution in [0.15, 0.2) is 6.07 Å². The molecule has 0 fully saturated rings. The predicted molar refractivity (Wildman–Crippen MR) is 62.7 cm³/mol. The van der Waals surface area contributed by atoms with E-state index in [0.29, 0.717) is 11.3 Å². The van der Waals surface area contributed by atoms with Gasteiger partial charge in [-0.1, -0.05) is 11.6 Å². The van der Waals surface area contributed by atoms with Crippen molar-refractivity contribution in [2.24, 2.45) is 0 Å². The lowest BCUT2D eigenvalue weighted by Crippen LogP contribution is -2.18. The minimum atomic E-state index is -0.232. The van der Waals surface area contributed by atoms with Gasteiger partial charge in [0.2, 0.25) is 0 Å². The van der Waals surface area contributed by atoms with Gasteiger partial charge in [-0.05, 0) is 25.6 Å². The van der Waals surface area contributed by atoms with E-state index in [-0.39, 0.29) is 28.7 Å². The highest BCUT2D eigenvalue weighted by Crippen LogP contribution is 2.38. The number of phenolic OH excluding ortho intramolecular Hbond substituents is 1. The highest BCUT2D eigenvalue weighted by atomic mass is 35.5. The van der Waals surface area contributed by atoms with Crippen LogP contribution in [0.25, 0.3) is 0 Å². The zero-order valence-electron chi connectivity index (χ0n) is 9.43. The first-order valence-corrected chi connectivity index (χ1v) is 5.14. The van der Waals surface area contributed by atoms with Crippen molar-refractivity contribution in [1.29, 1.82) is 0 Å². The number of Topliss-reactive ketones (excluding diaryl/α,β-unsaturated/α-hetero) is 1. The largest absolute Gasteiger partial charge is 0.505 e. The number of hydrogen-bond acceptors (Lipinski definition) is 4. The Hall–Kier alpha value is -1.26. The van der Waals surface area contributed by atoms with Crippen LogP contribution in [0.3, 0.4) is 0 Å². The number of benzene rings is 1. The maximum Gasteiger partial charge on any atom is 0.180 e. The van der Waals surface area contributed by atoms with E-state index in [1.165, 1.54) is 7.11 Å². The molecule has 0 spiro atoms. The van der Waals surface area contributed by atoms with Crippen LogP contribution in [0.1, 0.15) is 15.9 Å². The Morgan fingerprint density at radius 2 is 2.25 bits per heavy atom. The third kappa shape index (κ3) is 2.28. The third-order valence-electron chi connectivity index (χ3n) is 2.22. The lowest BCUT2D eigenvalue weighted by atomic mass is 10.1. The van der Waals surface area contributed by atoms with Crippen LogP contribution in [-0.2, 0) is 0 Å². The molecule has 0 saturated carbocycles. The average molecular weight is 244 g/mol. The Kier molecular flexibility index (Phi) is 4.15. The van der Waals surface area contributed by atoms with E-state index in [1.807, 2.05) is 0 Å². The number of halogens is 1. The third-order valence-corrected chi connectivity index (χ3v) is 2.57. The molecular weight excluding hydrogens is 230 g/mol. The molecule has 0 unspecified atom stereocenters. The number of nitrogens with one attached hydrogen (secondary N) is 1. The number of phenols is 1. The summed E-state index contributed by atoms with van der Waals surface area (Å²) in [4.78, 5) is 11.6. The second-order valence-corrected chi connectivity index (χ2v) is 3.77. The molecule has 4 nitrogen and oxygen atoms in total. The molecule has 16 heavy (non-hydrogen) atoms. The first kappa shape index (κ1) is 12.8. The molecule has 0 bridgehead atoms. The van der Waals surface area contributed by atoms with E-state index in [1.54, 1.807) is 20.0 Å². The summed E-state index contributed by atoms with van der Waals surface area (Å²) in [5.41, 5.74) is 0.919. The van der Waals surface area contributed by atoms with Crippen molar-refractivity contribution in [3.8, 4) is 11.5 Å². The van der Waals surface area contributed by atoms with Gasteiger partial charge in [-0.15, -0.1) is 0 Å². The van der Waals surface area contributed by atoms with Crippen LogP contribution in [0.2, 0.25) is 5.02 Å². The van der Waals surface area contributed by atoms with Crippen LogP contribution in [0.5, 0.6) is 11.5 Å². The highest BCUT2D eigenvalue weighted by molar-refractivity contribution is 6.34. The van der Waals surface area contributed by atoms with Gasteiger partial charge in [0.25, 0.3) is 0 Å². The fraction of sp³-hybridized carbons (Fsp3) is 0.364. The summed E-state index contributed by atoms with van der Waals surface area (Å²) in [6, 6.07) is 1.57. The standard InChI is InChI=1S/C11H14ClNO3/c1-6-4-7(8(14)5-13-2)10(15)9(12)11(6)16-3/h4,13,15H,5H2,1-3H3. The van der Waals surface area contributed by atoms with Crippen LogP contribution in [0.4, 0.5) is 0 Å². The van der Waals surface area contributed by atoms with Gasteiger partial charge in [-0.3, -0.25) is 4.79 Å². The fourth-order valence-electron chi connectivity index (χ4n) is 1.47. The first-order valence-electron chi connectivity index (χ1n) is 4.76. The summed E-state index contributed by atoms with van der Waals surface area (Å²) in [5.74, 6) is -0.0582. The van der Waals surface area contributed by atoms with Crippen molar-refractivity contribution in [2.75, 3.05) is 20.7 Å². The SMILES string of the molecule is CNCC(=O)c1cc(C)c(OC)c(Cl)c1O. The molecule has 1 rings (SSSR count). The van der Waals surface area contributed by atoms with Gasteiger partial charge in [-0.25, -0.2) is 0 Å². The summed E-state index contributed by atoms with van der Waals surface area (Å²) >= 11 is 5.90. The molecule has 1 aromatic carbocycles. The number of rotatable bonds is 4. The molecule has 0 heterocycles. The molecule has 0 atom stereocenters. The number of hydrogen-bond donors (Lipinski definition) is 2. The van der Waals surface area contributed by atoms with E-state index in [9.17, 15) is 9.90 Å². The Bertz CT molecular complexity index is 418. The van der Waals surface area contributed by atoms with E-state index >= 15 is 0 Å². The number of likely N-dealkylation sites (N-methyl/N-ethyl adjacent to an activating group) is 1. The molecule has 0 saturated heterocycles. The van der Waals surface area contributed by atoms with Crippen molar-refractivity contribution in [3.05, 3.63) is 22.2 Å². The molecule has 0 aromatic heterocycles. The molecule has 2 N–H and O–H groups in total. The van der Waals surface area contributed by atoms with Crippen molar-refractivity contribution in [1.82, 2.24) is 5.32 Å². The van der Waals surface area contributed by atoms with E-state index in [2.05, 4.69) is 5.32 Å². The number of carbonyl (C=O) groups excluding carboxylic acids is 1. The van der Waals surface area contributed by atoms with E-state index < -0.39 is 0 Å². The highest BCUT2D eigenvalue weighted by Gasteiger charge is 2.18. The Balaban J connectivity index is 3.28. The van der Waals surface area contributed by atoms with Crippen LogP contribution in [-0.4, -0.2) is 31.6 Å². The summed E-state index contributed by atoms with van der Waals surface area (Å²) in [7, 11) is 3.12. The fourth-order valence-corrected chi connectivity index (χ4v) is 1.80. The Morgan fingerprint density at radius 1 is 1.62 bits per heavy atom. The second-order valence-electron chi connectivity index (χ2n) is 3.39. The van der Waals surface area contributed by atoms with Crippen molar-refractivity contribution < 1.29 is 14.6 Å². The van der Waals surface area contributed by atoms with Crippen molar-refractivity contribution >= 4 is 17.4 Å². The quantitative estimate of drug-likeness (QED) is 0.792. The van der Waals surface area contributed by atoms with Crippen LogP contribution >= 0.6 is 11.6 Å². The molecule has 0 amide bonds. The minimum absolute atomic E-state index is 0.0713. The van der Waals surface area contributed by atoms with Gasteiger partial charge in [0.1, 0.15) is 16.5 Å². The average Bonchev–Trinajstić information content (AvgIpc) is 2.24. The topological polar surface area (TPSA) is 58.6 Å². The van der Waals surface area contributed by atoms with Gasteiger partial charge in [0.15, 0.2) is 5.78 Å². The molecule has 0 aliphatic rings. The van der Waals surface area contributed by atoms with Gasteiger partial charge < -0.3 is 15.2 Å². The van der Waals surface area contributed by atoms with E-state index in [4.69, 9.17) is 16.3 Å². The summed E-state index contributed by atoms with van der Waals surface area (Å²) in [6.45, 7) is 1.91. The summed E-state index contributed by atoms with van der Waals surface area (Å²) in [5, 5.41) is 12.6. The zero-order valence-corrected chi connectivity index (χ0v) is 10.2. The van der Waals surface area contributed by atoms with E-state index in [0.717, 1.165) is 0 Å². The van der Waals surface area contributed by atoms with Crippen LogP contribution in [0, 0.1) is 6.92 Å². The second kappa shape index (κ2) is 5.18. The molecular formula is C11H14ClNO3. The number of carbonyl (C=O) groups is 1. The smallest absolute Gasteiger partial charge is 0.180 e. The normalized spacial score (nSPS) is 10.2. The molecule has 1 aromatic rings. The van der Waals surface area contributed by atoms with Crippen LogP contribution < -0.4 is 10.1 Å². The summed E-state index contributed by atoms with van der Waals surface area (Å²) < 4.78 is 5.03. The van der Waals surface area contributed by atoms with Crippen molar-refractivity contribution in [3.63, 3.8) is 0 Å².